The summed E-state index contributed by atoms with van der Waals surface area (Å²) in [6.07, 6.45) is 1.85. The average molecular weight is 365 g/mol. The Balaban J connectivity index is 1.78. The predicted molar refractivity (Wildman–Crippen MR) is 94.9 cm³/mol. The third-order valence-electron chi connectivity index (χ3n) is 4.53. The van der Waals surface area contributed by atoms with Gasteiger partial charge < -0.3 is 15.4 Å². The summed E-state index contributed by atoms with van der Waals surface area (Å²) < 4.78 is 33.0. The van der Waals surface area contributed by atoms with Crippen LogP contribution >= 0.6 is 0 Å². The lowest BCUT2D eigenvalue weighted by molar-refractivity contribution is -0.135. The van der Waals surface area contributed by atoms with Crippen LogP contribution in [0, 0.1) is 5.92 Å². The molecule has 1 atom stereocenters. The van der Waals surface area contributed by atoms with Crippen molar-refractivity contribution in [3.8, 4) is 5.75 Å². The SMILES string of the molecule is CC(C)C(=O)N1CCC[C@@H]1COc1cccc2c1C(N)=NS(=O)(=O)C2. The first-order valence-electron chi connectivity index (χ1n) is 8.42. The Morgan fingerprint density at radius 3 is 2.92 bits per heavy atom. The molecule has 1 aromatic rings. The number of rotatable bonds is 4. The van der Waals surface area contributed by atoms with Gasteiger partial charge in [0.05, 0.1) is 17.4 Å². The normalized spacial score (nSPS) is 21.8. The monoisotopic (exact) mass is 365 g/mol. The van der Waals surface area contributed by atoms with Crippen LogP contribution in [-0.2, 0) is 20.6 Å². The van der Waals surface area contributed by atoms with Crippen LogP contribution in [0.3, 0.4) is 0 Å². The molecule has 2 aliphatic rings. The molecule has 2 N–H and O–H groups in total. The summed E-state index contributed by atoms with van der Waals surface area (Å²) in [5.41, 5.74) is 6.98. The first-order chi connectivity index (χ1) is 11.8. The van der Waals surface area contributed by atoms with Gasteiger partial charge in [-0.05, 0) is 24.5 Å². The van der Waals surface area contributed by atoms with Crippen molar-refractivity contribution in [2.75, 3.05) is 13.2 Å². The summed E-state index contributed by atoms with van der Waals surface area (Å²) >= 11 is 0. The van der Waals surface area contributed by atoms with Crippen LogP contribution in [0.5, 0.6) is 5.75 Å². The van der Waals surface area contributed by atoms with E-state index in [9.17, 15) is 13.2 Å². The minimum absolute atomic E-state index is 0.0243. The smallest absolute Gasteiger partial charge is 0.259 e. The number of likely N-dealkylation sites (tertiary alicyclic amines) is 1. The van der Waals surface area contributed by atoms with Gasteiger partial charge in [0.1, 0.15) is 18.2 Å². The summed E-state index contributed by atoms with van der Waals surface area (Å²) in [7, 11) is -3.57. The van der Waals surface area contributed by atoms with Gasteiger partial charge in [0.25, 0.3) is 10.0 Å². The molecule has 0 unspecified atom stereocenters. The molecule has 1 amide bonds. The molecule has 1 fully saturated rings. The Labute approximate surface area is 147 Å². The van der Waals surface area contributed by atoms with E-state index in [0.717, 1.165) is 19.4 Å². The molecule has 0 aliphatic carbocycles. The first kappa shape index (κ1) is 17.7. The van der Waals surface area contributed by atoms with Crippen molar-refractivity contribution >= 4 is 21.8 Å². The topological polar surface area (TPSA) is 102 Å². The number of carbonyl (C=O) groups is 1. The molecule has 7 nitrogen and oxygen atoms in total. The Morgan fingerprint density at radius 2 is 2.20 bits per heavy atom. The number of sulfonamides is 1. The molecule has 3 rings (SSSR count). The largest absolute Gasteiger partial charge is 0.491 e. The third-order valence-corrected chi connectivity index (χ3v) is 5.68. The van der Waals surface area contributed by atoms with E-state index in [1.165, 1.54) is 0 Å². The molecule has 0 bridgehead atoms. The van der Waals surface area contributed by atoms with Crippen LogP contribution in [0.4, 0.5) is 0 Å². The summed E-state index contributed by atoms with van der Waals surface area (Å²) in [4.78, 5) is 14.2. The van der Waals surface area contributed by atoms with Crippen molar-refractivity contribution in [2.45, 2.75) is 38.5 Å². The van der Waals surface area contributed by atoms with Gasteiger partial charge in [-0.15, -0.1) is 4.40 Å². The minimum Gasteiger partial charge on any atom is -0.491 e. The van der Waals surface area contributed by atoms with Gasteiger partial charge in [0.2, 0.25) is 5.91 Å². The molecule has 136 valence electrons. The molecule has 0 radical (unpaired) electrons. The molecular formula is C17H23N3O4S. The Hall–Kier alpha value is -2.09. The Bertz CT molecular complexity index is 817. The summed E-state index contributed by atoms with van der Waals surface area (Å²) in [6, 6.07) is 5.23. The van der Waals surface area contributed by atoms with E-state index in [1.807, 2.05) is 18.7 Å². The second kappa shape index (κ2) is 6.67. The summed E-state index contributed by atoms with van der Waals surface area (Å²) in [5, 5.41) is 0. The standard InChI is InChI=1S/C17H23N3O4S/c1-11(2)17(21)20-8-4-6-13(20)9-24-14-7-3-5-12-10-25(22,23)19-16(18)15(12)14/h3,5,7,11,13H,4,6,8-10H2,1-2H3,(H2,18,19)/t13-/m1/s1. The lowest BCUT2D eigenvalue weighted by Crippen LogP contribution is -2.41. The minimum atomic E-state index is -3.57. The van der Waals surface area contributed by atoms with Crippen LogP contribution in [0.25, 0.3) is 0 Å². The van der Waals surface area contributed by atoms with Crippen molar-refractivity contribution in [3.63, 3.8) is 0 Å². The fourth-order valence-corrected chi connectivity index (χ4v) is 4.44. The zero-order valence-corrected chi connectivity index (χ0v) is 15.3. The molecule has 8 heteroatoms. The van der Waals surface area contributed by atoms with Crippen LogP contribution in [-0.4, -0.2) is 44.3 Å². The van der Waals surface area contributed by atoms with Gasteiger partial charge in [-0.1, -0.05) is 26.0 Å². The fourth-order valence-electron chi connectivity index (χ4n) is 3.35. The zero-order chi connectivity index (χ0) is 18.2. The van der Waals surface area contributed by atoms with E-state index in [1.54, 1.807) is 18.2 Å². The maximum absolute atomic E-state index is 12.3. The fraction of sp³-hybridized carbons (Fsp3) is 0.529. The van der Waals surface area contributed by atoms with E-state index in [-0.39, 0.29) is 29.5 Å². The third kappa shape index (κ3) is 3.63. The van der Waals surface area contributed by atoms with Gasteiger partial charge in [-0.3, -0.25) is 4.79 Å². The molecule has 0 aromatic heterocycles. The molecule has 1 saturated heterocycles. The number of nitrogens with two attached hydrogens (primary N) is 1. The van der Waals surface area contributed by atoms with Crippen molar-refractivity contribution in [2.24, 2.45) is 16.0 Å². The van der Waals surface area contributed by atoms with Crippen molar-refractivity contribution < 1.29 is 17.9 Å². The van der Waals surface area contributed by atoms with Gasteiger partial charge in [0.15, 0.2) is 0 Å². The van der Waals surface area contributed by atoms with Crippen LogP contribution in [0.1, 0.15) is 37.8 Å². The second-order valence-electron chi connectivity index (χ2n) is 6.79. The molecule has 25 heavy (non-hydrogen) atoms. The van der Waals surface area contributed by atoms with E-state index in [4.69, 9.17) is 10.5 Å². The highest BCUT2D eigenvalue weighted by Crippen LogP contribution is 2.29. The molecular weight excluding hydrogens is 342 g/mol. The average Bonchev–Trinajstić information content (AvgIpc) is 2.98. The number of amides is 1. The van der Waals surface area contributed by atoms with Crippen LogP contribution < -0.4 is 10.5 Å². The van der Waals surface area contributed by atoms with Crippen molar-refractivity contribution in [3.05, 3.63) is 29.3 Å². The second-order valence-corrected chi connectivity index (χ2v) is 8.42. The number of nitrogens with zero attached hydrogens (tertiary/aromatic N) is 2. The molecule has 0 saturated carbocycles. The molecule has 1 aromatic carbocycles. The van der Waals surface area contributed by atoms with E-state index < -0.39 is 10.0 Å². The summed E-state index contributed by atoms with van der Waals surface area (Å²) in [5.74, 6) is 0.379. The quantitative estimate of drug-likeness (QED) is 0.865. The molecule has 2 heterocycles. The van der Waals surface area contributed by atoms with E-state index >= 15 is 0 Å². The maximum atomic E-state index is 12.3. The van der Waals surface area contributed by atoms with Crippen LogP contribution in [0.2, 0.25) is 0 Å². The van der Waals surface area contributed by atoms with Crippen molar-refractivity contribution in [1.29, 1.82) is 0 Å². The van der Waals surface area contributed by atoms with Crippen LogP contribution in [0.15, 0.2) is 22.6 Å². The number of benzene rings is 1. The number of amidine groups is 1. The van der Waals surface area contributed by atoms with Gasteiger partial charge in [-0.25, -0.2) is 8.42 Å². The summed E-state index contributed by atoms with van der Waals surface area (Å²) in [6.45, 7) is 4.89. The Kier molecular flexibility index (Phi) is 4.73. The highest BCUT2D eigenvalue weighted by Gasteiger charge is 2.31. The molecule has 0 spiro atoms. The number of fused-ring (bicyclic) bond motifs is 1. The zero-order valence-electron chi connectivity index (χ0n) is 14.4. The predicted octanol–water partition coefficient (Wildman–Crippen LogP) is 1.26. The highest BCUT2D eigenvalue weighted by molar-refractivity contribution is 7.89. The lowest BCUT2D eigenvalue weighted by Gasteiger charge is -2.27. The first-order valence-corrected chi connectivity index (χ1v) is 10.0. The maximum Gasteiger partial charge on any atom is 0.259 e. The highest BCUT2D eigenvalue weighted by atomic mass is 32.2. The van der Waals surface area contributed by atoms with Gasteiger partial charge >= 0.3 is 0 Å². The molecule has 2 aliphatic heterocycles. The number of hydrogen-bond donors (Lipinski definition) is 1. The van der Waals surface area contributed by atoms with Gasteiger partial charge in [-0.2, -0.15) is 0 Å². The van der Waals surface area contributed by atoms with E-state index in [2.05, 4.69) is 4.40 Å². The number of carbonyl (C=O) groups excluding carboxylic acids is 1. The van der Waals surface area contributed by atoms with E-state index in [0.29, 0.717) is 23.5 Å². The Morgan fingerprint density at radius 1 is 1.44 bits per heavy atom. The number of ether oxygens (including phenoxy) is 1. The lowest BCUT2D eigenvalue weighted by atomic mass is 10.1. The van der Waals surface area contributed by atoms with Gasteiger partial charge in [0, 0.05) is 12.5 Å². The number of hydrogen-bond acceptors (Lipinski definition) is 5. The van der Waals surface area contributed by atoms with Crippen molar-refractivity contribution in [1.82, 2.24) is 4.90 Å².